The van der Waals surface area contributed by atoms with Crippen LogP contribution in [0.3, 0.4) is 0 Å². The lowest BCUT2D eigenvalue weighted by Gasteiger charge is -2.22. The summed E-state index contributed by atoms with van der Waals surface area (Å²) in [7, 11) is 1.29. The molecular weight excluding hydrogens is 246 g/mol. The second-order valence-corrected chi connectivity index (χ2v) is 4.90. The SMILES string of the molecule is COC(=O)c1cc(N)ccc1NCC(C)(C)C(N)=O. The number of nitrogens with two attached hydrogens (primary N) is 2. The predicted molar refractivity (Wildman–Crippen MR) is 73.7 cm³/mol. The summed E-state index contributed by atoms with van der Waals surface area (Å²) in [5, 5.41) is 3.02. The summed E-state index contributed by atoms with van der Waals surface area (Å²) < 4.78 is 4.69. The molecule has 0 aliphatic rings. The van der Waals surface area contributed by atoms with E-state index in [1.165, 1.54) is 13.2 Å². The Labute approximate surface area is 112 Å². The number of hydrogen-bond donors (Lipinski definition) is 3. The van der Waals surface area contributed by atoms with Crippen LogP contribution in [0.4, 0.5) is 11.4 Å². The maximum absolute atomic E-state index is 11.6. The van der Waals surface area contributed by atoms with Crippen LogP contribution < -0.4 is 16.8 Å². The van der Waals surface area contributed by atoms with Gasteiger partial charge in [-0.25, -0.2) is 4.79 Å². The number of carbonyl (C=O) groups excluding carboxylic acids is 2. The maximum Gasteiger partial charge on any atom is 0.340 e. The number of primary amides is 1. The van der Waals surface area contributed by atoms with E-state index in [1.54, 1.807) is 26.0 Å². The lowest BCUT2D eigenvalue weighted by atomic mass is 9.92. The molecule has 0 bridgehead atoms. The minimum atomic E-state index is -0.727. The van der Waals surface area contributed by atoms with Gasteiger partial charge < -0.3 is 21.5 Å². The van der Waals surface area contributed by atoms with E-state index in [9.17, 15) is 9.59 Å². The van der Waals surface area contributed by atoms with E-state index in [1.807, 2.05) is 0 Å². The van der Waals surface area contributed by atoms with Crippen LogP contribution in [-0.2, 0) is 9.53 Å². The summed E-state index contributed by atoms with van der Waals surface area (Å²) in [6.45, 7) is 3.74. The third-order valence-electron chi connectivity index (χ3n) is 2.84. The highest BCUT2D eigenvalue weighted by Gasteiger charge is 2.25. The number of benzene rings is 1. The van der Waals surface area contributed by atoms with Crippen molar-refractivity contribution in [1.29, 1.82) is 0 Å². The summed E-state index contributed by atoms with van der Waals surface area (Å²) >= 11 is 0. The van der Waals surface area contributed by atoms with Crippen molar-refractivity contribution in [3.05, 3.63) is 23.8 Å². The van der Waals surface area contributed by atoms with E-state index in [0.717, 1.165) is 0 Å². The molecule has 0 saturated heterocycles. The predicted octanol–water partition coefficient (Wildman–Crippen LogP) is 0.979. The zero-order valence-corrected chi connectivity index (χ0v) is 11.3. The fourth-order valence-corrected chi connectivity index (χ4v) is 1.40. The minimum absolute atomic E-state index is 0.302. The number of esters is 1. The molecule has 0 aliphatic carbocycles. The summed E-state index contributed by atoms with van der Waals surface area (Å²) in [4.78, 5) is 22.9. The first-order valence-electron chi connectivity index (χ1n) is 5.79. The molecule has 6 nitrogen and oxygen atoms in total. The smallest absolute Gasteiger partial charge is 0.340 e. The fourth-order valence-electron chi connectivity index (χ4n) is 1.40. The van der Waals surface area contributed by atoms with Crippen LogP contribution in [-0.4, -0.2) is 25.5 Å². The van der Waals surface area contributed by atoms with Gasteiger partial charge in [0.15, 0.2) is 0 Å². The molecule has 0 fully saturated rings. The Morgan fingerprint density at radius 2 is 2.00 bits per heavy atom. The van der Waals surface area contributed by atoms with Crippen LogP contribution >= 0.6 is 0 Å². The second kappa shape index (κ2) is 5.60. The molecule has 1 amide bonds. The average Bonchev–Trinajstić information content (AvgIpc) is 2.36. The number of rotatable bonds is 5. The van der Waals surface area contributed by atoms with Gasteiger partial charge in [-0.05, 0) is 32.0 Å². The number of nitrogens with one attached hydrogen (secondary N) is 1. The quantitative estimate of drug-likeness (QED) is 0.543. The Morgan fingerprint density at radius 1 is 1.37 bits per heavy atom. The molecule has 0 spiro atoms. The summed E-state index contributed by atoms with van der Waals surface area (Å²) in [5.41, 5.74) is 11.5. The number of hydrogen-bond acceptors (Lipinski definition) is 5. The van der Waals surface area contributed by atoms with Crippen LogP contribution in [0, 0.1) is 5.41 Å². The van der Waals surface area contributed by atoms with E-state index < -0.39 is 17.3 Å². The number of nitrogen functional groups attached to an aromatic ring is 1. The first kappa shape index (κ1) is 14.8. The van der Waals surface area contributed by atoms with Crippen molar-refractivity contribution in [2.75, 3.05) is 24.7 Å². The van der Waals surface area contributed by atoms with E-state index in [-0.39, 0.29) is 0 Å². The third kappa shape index (κ3) is 3.61. The van der Waals surface area contributed by atoms with Crippen molar-refractivity contribution < 1.29 is 14.3 Å². The lowest BCUT2D eigenvalue weighted by Crippen LogP contribution is -2.37. The molecule has 5 N–H and O–H groups in total. The van der Waals surface area contributed by atoms with Crippen LogP contribution in [0.25, 0.3) is 0 Å². The van der Waals surface area contributed by atoms with E-state index in [2.05, 4.69) is 10.1 Å². The molecule has 0 saturated carbocycles. The molecule has 1 rings (SSSR count). The van der Waals surface area contributed by atoms with E-state index >= 15 is 0 Å². The van der Waals surface area contributed by atoms with Crippen molar-refractivity contribution in [1.82, 2.24) is 0 Å². The van der Waals surface area contributed by atoms with Gasteiger partial charge in [0.1, 0.15) is 0 Å². The molecule has 0 heterocycles. The molecule has 0 unspecified atom stereocenters. The van der Waals surface area contributed by atoms with Gasteiger partial charge in [-0.15, -0.1) is 0 Å². The molecule has 0 atom stereocenters. The summed E-state index contributed by atoms with van der Waals surface area (Å²) in [5.74, 6) is -0.915. The van der Waals surface area contributed by atoms with Crippen molar-refractivity contribution in [3.8, 4) is 0 Å². The molecule has 1 aromatic carbocycles. The van der Waals surface area contributed by atoms with Gasteiger partial charge in [0.2, 0.25) is 5.91 Å². The highest BCUT2D eigenvalue weighted by Crippen LogP contribution is 2.22. The molecule has 0 radical (unpaired) electrons. The molecular formula is C13H19N3O3. The molecule has 104 valence electrons. The Kier molecular flexibility index (Phi) is 4.37. The van der Waals surface area contributed by atoms with Crippen molar-refractivity contribution >= 4 is 23.3 Å². The van der Waals surface area contributed by atoms with Crippen molar-refractivity contribution in [3.63, 3.8) is 0 Å². The van der Waals surface area contributed by atoms with Gasteiger partial charge in [-0.3, -0.25) is 4.79 Å². The largest absolute Gasteiger partial charge is 0.465 e. The Balaban J connectivity index is 2.95. The number of amides is 1. The number of methoxy groups -OCH3 is 1. The van der Waals surface area contributed by atoms with E-state index in [0.29, 0.717) is 23.5 Å². The van der Waals surface area contributed by atoms with Gasteiger partial charge in [-0.2, -0.15) is 0 Å². The molecule has 19 heavy (non-hydrogen) atoms. The van der Waals surface area contributed by atoms with Crippen LogP contribution in [0.1, 0.15) is 24.2 Å². The standard InChI is InChI=1S/C13H19N3O3/c1-13(2,12(15)18)7-16-10-5-4-8(14)6-9(10)11(17)19-3/h4-6,16H,7,14H2,1-3H3,(H2,15,18). The minimum Gasteiger partial charge on any atom is -0.465 e. The highest BCUT2D eigenvalue weighted by atomic mass is 16.5. The Morgan fingerprint density at radius 3 is 2.53 bits per heavy atom. The molecule has 0 aromatic heterocycles. The van der Waals surface area contributed by atoms with Gasteiger partial charge >= 0.3 is 5.97 Å². The number of ether oxygens (including phenoxy) is 1. The maximum atomic E-state index is 11.6. The van der Waals surface area contributed by atoms with Crippen LogP contribution in [0.2, 0.25) is 0 Å². The monoisotopic (exact) mass is 265 g/mol. The van der Waals surface area contributed by atoms with Gasteiger partial charge in [0, 0.05) is 17.9 Å². The first-order chi connectivity index (χ1) is 8.77. The fraction of sp³-hybridized carbons (Fsp3) is 0.385. The summed E-state index contributed by atoms with van der Waals surface area (Å²) in [6.07, 6.45) is 0. The van der Waals surface area contributed by atoms with Crippen molar-refractivity contribution in [2.24, 2.45) is 11.1 Å². The van der Waals surface area contributed by atoms with E-state index in [4.69, 9.17) is 11.5 Å². The molecule has 0 aliphatic heterocycles. The van der Waals surface area contributed by atoms with Gasteiger partial charge in [0.25, 0.3) is 0 Å². The summed E-state index contributed by atoms with van der Waals surface area (Å²) in [6, 6.07) is 4.84. The van der Waals surface area contributed by atoms with Crippen molar-refractivity contribution in [2.45, 2.75) is 13.8 Å². The van der Waals surface area contributed by atoms with Gasteiger partial charge in [0.05, 0.1) is 18.1 Å². The number of carbonyl (C=O) groups is 2. The zero-order chi connectivity index (χ0) is 14.6. The normalized spacial score (nSPS) is 10.9. The molecule has 6 heteroatoms. The Bertz CT molecular complexity index is 498. The van der Waals surface area contributed by atoms with Gasteiger partial charge in [-0.1, -0.05) is 0 Å². The van der Waals surface area contributed by atoms with Crippen LogP contribution in [0.15, 0.2) is 18.2 Å². The second-order valence-electron chi connectivity index (χ2n) is 4.90. The lowest BCUT2D eigenvalue weighted by molar-refractivity contribution is -0.125. The van der Waals surface area contributed by atoms with Crippen LogP contribution in [0.5, 0.6) is 0 Å². The highest BCUT2D eigenvalue weighted by molar-refractivity contribution is 5.96. The molecule has 1 aromatic rings. The third-order valence-corrected chi connectivity index (χ3v) is 2.84. The Hall–Kier alpha value is -2.24. The topological polar surface area (TPSA) is 107 Å². The first-order valence-corrected chi connectivity index (χ1v) is 5.79. The average molecular weight is 265 g/mol. The number of anilines is 2. The zero-order valence-electron chi connectivity index (χ0n) is 11.3.